The Bertz CT molecular complexity index is 650. The Kier molecular flexibility index (Phi) is 2.68. The average molecular weight is 260 g/mol. The van der Waals surface area contributed by atoms with Crippen LogP contribution in [0.25, 0.3) is 16.2 Å². The summed E-state index contributed by atoms with van der Waals surface area (Å²) in [7, 11) is 0. The van der Waals surface area contributed by atoms with Crippen LogP contribution in [0.1, 0.15) is 5.69 Å². The van der Waals surface area contributed by atoms with E-state index >= 15 is 0 Å². The summed E-state index contributed by atoms with van der Waals surface area (Å²) in [6.45, 7) is 2.10. The molecule has 0 unspecified atom stereocenters. The smallest absolute Gasteiger partial charge is 0.194 e. The van der Waals surface area contributed by atoms with Crippen molar-refractivity contribution in [3.63, 3.8) is 0 Å². The number of thioether (sulfide) groups is 1. The molecule has 0 saturated heterocycles. The summed E-state index contributed by atoms with van der Waals surface area (Å²) in [5.74, 6) is 0. The SMILES string of the molecule is CSc1ccc(-c2cn3c(C)csc3n2)cc1. The number of nitrogens with zero attached hydrogens (tertiary/aromatic N) is 2. The maximum Gasteiger partial charge on any atom is 0.194 e. The van der Waals surface area contributed by atoms with Crippen LogP contribution in [0.15, 0.2) is 40.7 Å². The van der Waals surface area contributed by atoms with E-state index in [9.17, 15) is 0 Å². The van der Waals surface area contributed by atoms with Gasteiger partial charge in [-0.25, -0.2) is 4.98 Å². The van der Waals surface area contributed by atoms with E-state index < -0.39 is 0 Å². The van der Waals surface area contributed by atoms with Crippen LogP contribution in [0.4, 0.5) is 0 Å². The maximum atomic E-state index is 4.63. The summed E-state index contributed by atoms with van der Waals surface area (Å²) in [6.07, 6.45) is 4.19. The summed E-state index contributed by atoms with van der Waals surface area (Å²) in [6, 6.07) is 8.54. The zero-order valence-corrected chi connectivity index (χ0v) is 11.3. The first kappa shape index (κ1) is 10.9. The molecule has 0 atom stereocenters. The zero-order valence-electron chi connectivity index (χ0n) is 9.68. The highest BCUT2D eigenvalue weighted by Gasteiger charge is 2.07. The first-order valence-corrected chi connectivity index (χ1v) is 7.46. The minimum atomic E-state index is 1.05. The summed E-state index contributed by atoms with van der Waals surface area (Å²) in [5, 5.41) is 2.13. The molecule has 2 heterocycles. The topological polar surface area (TPSA) is 17.3 Å². The largest absolute Gasteiger partial charge is 0.294 e. The molecule has 2 nitrogen and oxygen atoms in total. The van der Waals surface area contributed by atoms with Crippen LogP contribution in [-0.2, 0) is 0 Å². The van der Waals surface area contributed by atoms with Crippen molar-refractivity contribution in [3.05, 3.63) is 41.5 Å². The lowest BCUT2D eigenvalue weighted by Crippen LogP contribution is -1.79. The molecule has 0 amide bonds. The van der Waals surface area contributed by atoms with Crippen molar-refractivity contribution in [3.8, 4) is 11.3 Å². The van der Waals surface area contributed by atoms with Gasteiger partial charge in [-0.2, -0.15) is 0 Å². The molecule has 0 spiro atoms. The maximum absolute atomic E-state index is 4.63. The molecule has 0 aliphatic heterocycles. The van der Waals surface area contributed by atoms with Gasteiger partial charge >= 0.3 is 0 Å². The molecule has 2 aromatic heterocycles. The highest BCUT2D eigenvalue weighted by Crippen LogP contribution is 2.25. The van der Waals surface area contributed by atoms with Crippen molar-refractivity contribution < 1.29 is 0 Å². The summed E-state index contributed by atoms with van der Waals surface area (Å²) in [4.78, 5) is 6.98. The Hall–Kier alpha value is -1.26. The van der Waals surface area contributed by atoms with Gasteiger partial charge in [-0.05, 0) is 25.3 Å². The van der Waals surface area contributed by atoms with Gasteiger partial charge in [0, 0.05) is 27.7 Å². The third-order valence-corrected chi connectivity index (χ3v) is 4.48. The van der Waals surface area contributed by atoms with Gasteiger partial charge < -0.3 is 0 Å². The molecule has 0 N–H and O–H groups in total. The Morgan fingerprint density at radius 1 is 1.24 bits per heavy atom. The minimum absolute atomic E-state index is 1.05. The average Bonchev–Trinajstić information content (AvgIpc) is 2.92. The Morgan fingerprint density at radius 2 is 2.00 bits per heavy atom. The van der Waals surface area contributed by atoms with Crippen molar-refractivity contribution in [2.75, 3.05) is 6.26 Å². The van der Waals surface area contributed by atoms with Crippen LogP contribution in [0.2, 0.25) is 0 Å². The molecule has 86 valence electrons. The van der Waals surface area contributed by atoms with Crippen LogP contribution in [0.5, 0.6) is 0 Å². The highest BCUT2D eigenvalue weighted by atomic mass is 32.2. The van der Waals surface area contributed by atoms with Gasteiger partial charge in [0.1, 0.15) is 0 Å². The second kappa shape index (κ2) is 4.20. The van der Waals surface area contributed by atoms with E-state index in [0.29, 0.717) is 0 Å². The lowest BCUT2D eigenvalue weighted by Gasteiger charge is -1.98. The van der Waals surface area contributed by atoms with Crippen molar-refractivity contribution in [1.82, 2.24) is 9.38 Å². The van der Waals surface area contributed by atoms with Gasteiger partial charge in [0.25, 0.3) is 0 Å². The van der Waals surface area contributed by atoms with Crippen molar-refractivity contribution in [2.24, 2.45) is 0 Å². The molecule has 0 aliphatic rings. The summed E-state index contributed by atoms with van der Waals surface area (Å²) >= 11 is 3.44. The van der Waals surface area contributed by atoms with Crippen LogP contribution < -0.4 is 0 Å². The van der Waals surface area contributed by atoms with Gasteiger partial charge in [-0.1, -0.05) is 12.1 Å². The molecule has 0 fully saturated rings. The third kappa shape index (κ3) is 1.87. The van der Waals surface area contributed by atoms with Gasteiger partial charge in [-0.15, -0.1) is 23.1 Å². The molecule has 3 rings (SSSR count). The molecule has 1 aromatic carbocycles. The third-order valence-electron chi connectivity index (χ3n) is 2.77. The predicted molar refractivity (Wildman–Crippen MR) is 75.0 cm³/mol. The second-order valence-electron chi connectivity index (χ2n) is 3.88. The molecule has 3 aromatic rings. The number of hydrogen-bond acceptors (Lipinski definition) is 3. The van der Waals surface area contributed by atoms with E-state index in [1.54, 1.807) is 23.1 Å². The molecule has 0 aliphatic carbocycles. The Morgan fingerprint density at radius 3 is 2.65 bits per heavy atom. The number of rotatable bonds is 2. The fourth-order valence-electron chi connectivity index (χ4n) is 1.79. The molecule has 17 heavy (non-hydrogen) atoms. The molecule has 4 heteroatoms. The van der Waals surface area contributed by atoms with E-state index in [4.69, 9.17) is 0 Å². The second-order valence-corrected chi connectivity index (χ2v) is 5.60. The molecular formula is C13H12N2S2. The lowest BCUT2D eigenvalue weighted by atomic mass is 10.2. The van der Waals surface area contributed by atoms with Crippen molar-refractivity contribution >= 4 is 28.1 Å². The summed E-state index contributed by atoms with van der Waals surface area (Å²) < 4.78 is 2.14. The van der Waals surface area contributed by atoms with E-state index in [1.165, 1.54) is 16.2 Å². The van der Waals surface area contributed by atoms with Gasteiger partial charge in [0.05, 0.1) is 5.69 Å². The minimum Gasteiger partial charge on any atom is -0.294 e. The lowest BCUT2D eigenvalue weighted by molar-refractivity contribution is 1.13. The number of fused-ring (bicyclic) bond motifs is 1. The molecule has 0 bridgehead atoms. The van der Waals surface area contributed by atoms with E-state index in [2.05, 4.69) is 58.4 Å². The van der Waals surface area contributed by atoms with Crippen LogP contribution in [0, 0.1) is 6.92 Å². The zero-order chi connectivity index (χ0) is 11.8. The fraction of sp³-hybridized carbons (Fsp3) is 0.154. The Balaban J connectivity index is 2.07. The van der Waals surface area contributed by atoms with Crippen molar-refractivity contribution in [2.45, 2.75) is 11.8 Å². The predicted octanol–water partition coefficient (Wildman–Crippen LogP) is 4.09. The van der Waals surface area contributed by atoms with E-state index in [-0.39, 0.29) is 0 Å². The number of thiazole rings is 1. The van der Waals surface area contributed by atoms with Crippen LogP contribution in [-0.4, -0.2) is 15.6 Å². The van der Waals surface area contributed by atoms with Gasteiger partial charge in [0.15, 0.2) is 4.96 Å². The van der Waals surface area contributed by atoms with Crippen molar-refractivity contribution in [1.29, 1.82) is 0 Å². The van der Waals surface area contributed by atoms with Crippen LogP contribution >= 0.6 is 23.1 Å². The van der Waals surface area contributed by atoms with Gasteiger partial charge in [-0.3, -0.25) is 4.40 Å². The summed E-state index contributed by atoms with van der Waals surface area (Å²) in [5.41, 5.74) is 3.47. The van der Waals surface area contributed by atoms with E-state index in [1.807, 2.05) is 0 Å². The number of aromatic nitrogens is 2. The first-order chi connectivity index (χ1) is 8.28. The normalized spacial score (nSPS) is 11.2. The van der Waals surface area contributed by atoms with E-state index in [0.717, 1.165) is 10.7 Å². The van der Waals surface area contributed by atoms with Crippen LogP contribution in [0.3, 0.4) is 0 Å². The molecule has 0 saturated carbocycles. The highest BCUT2D eigenvalue weighted by molar-refractivity contribution is 7.98. The molecular weight excluding hydrogens is 248 g/mol. The first-order valence-electron chi connectivity index (χ1n) is 5.35. The number of benzene rings is 1. The Labute approximate surface area is 108 Å². The number of imidazole rings is 1. The quantitative estimate of drug-likeness (QED) is 0.646. The fourth-order valence-corrected chi connectivity index (χ4v) is 3.05. The standard InChI is InChI=1S/C13H12N2S2/c1-9-8-17-13-14-12(7-15(9)13)10-3-5-11(16-2)6-4-10/h3-8H,1-2H3. The number of hydrogen-bond donors (Lipinski definition) is 0. The van der Waals surface area contributed by atoms with Gasteiger partial charge in [0.2, 0.25) is 0 Å². The monoisotopic (exact) mass is 260 g/mol. The number of aryl methyl sites for hydroxylation is 1. The molecule has 0 radical (unpaired) electrons.